The van der Waals surface area contributed by atoms with Gasteiger partial charge >= 0.3 is 5.97 Å². The first-order valence-corrected chi connectivity index (χ1v) is 12.0. The van der Waals surface area contributed by atoms with Gasteiger partial charge in [-0.3, -0.25) is 9.59 Å². The highest BCUT2D eigenvalue weighted by Crippen LogP contribution is 2.40. The third-order valence-electron chi connectivity index (χ3n) is 6.33. The Bertz CT molecular complexity index is 768. The van der Waals surface area contributed by atoms with Gasteiger partial charge in [0, 0.05) is 5.56 Å². The number of carbonyl (C=O) groups excluding carboxylic acids is 1. The van der Waals surface area contributed by atoms with Gasteiger partial charge in [0.15, 0.2) is 11.5 Å². The molecule has 33 heavy (non-hydrogen) atoms. The highest BCUT2D eigenvalue weighted by atomic mass is 16.5. The number of rotatable bonds is 17. The van der Waals surface area contributed by atoms with Crippen molar-refractivity contribution in [2.45, 2.75) is 110 Å². The van der Waals surface area contributed by atoms with Gasteiger partial charge in [-0.15, -0.1) is 0 Å². The first kappa shape index (κ1) is 28.6. The normalized spacial score (nSPS) is 12.0. The molecule has 0 spiro atoms. The summed E-state index contributed by atoms with van der Waals surface area (Å²) in [6.45, 7) is 7.70. The average Bonchev–Trinajstić information content (AvgIpc) is 2.72. The number of aliphatic carboxylic acids is 1. The summed E-state index contributed by atoms with van der Waals surface area (Å²) >= 11 is 0. The van der Waals surface area contributed by atoms with Crippen molar-refractivity contribution in [3.63, 3.8) is 0 Å². The highest BCUT2D eigenvalue weighted by Gasteiger charge is 2.26. The summed E-state index contributed by atoms with van der Waals surface area (Å²) < 4.78 is 5.04. The Morgan fingerprint density at radius 3 is 1.97 bits per heavy atom. The number of phenolic OH excluding ortho intramolecular Hbond substituents is 3. The maximum atomic E-state index is 11.2. The van der Waals surface area contributed by atoms with Crippen molar-refractivity contribution in [1.29, 1.82) is 0 Å². The molecule has 0 atom stereocenters. The maximum Gasteiger partial charge on any atom is 0.309 e. The fraction of sp³-hybridized carbons (Fsp3) is 0.692. The van der Waals surface area contributed by atoms with Crippen LogP contribution in [0.15, 0.2) is 6.07 Å². The van der Waals surface area contributed by atoms with Crippen LogP contribution in [0.5, 0.6) is 17.2 Å². The van der Waals surface area contributed by atoms with Crippen LogP contribution in [0.2, 0.25) is 0 Å². The number of benzene rings is 1. The van der Waals surface area contributed by atoms with E-state index in [4.69, 9.17) is 9.84 Å². The summed E-state index contributed by atoms with van der Waals surface area (Å²) in [5.41, 5.74) is -0.169. The van der Waals surface area contributed by atoms with Gasteiger partial charge in [-0.05, 0) is 84.3 Å². The van der Waals surface area contributed by atoms with Crippen molar-refractivity contribution < 1.29 is 34.8 Å². The van der Waals surface area contributed by atoms with Gasteiger partial charge in [0.2, 0.25) is 0 Å². The van der Waals surface area contributed by atoms with E-state index in [1.807, 2.05) is 13.8 Å². The highest BCUT2D eigenvalue weighted by molar-refractivity contribution is 5.73. The molecule has 7 nitrogen and oxygen atoms in total. The molecule has 0 fully saturated rings. The molecular formula is C26H42O7. The van der Waals surface area contributed by atoms with Gasteiger partial charge in [-0.2, -0.15) is 0 Å². The lowest BCUT2D eigenvalue weighted by Gasteiger charge is -2.22. The predicted octanol–water partition coefficient (Wildman–Crippen LogP) is 5.85. The Kier molecular flexibility index (Phi) is 11.5. The van der Waals surface area contributed by atoms with E-state index in [1.165, 1.54) is 6.07 Å². The van der Waals surface area contributed by atoms with Crippen LogP contribution in [-0.4, -0.2) is 38.5 Å². The van der Waals surface area contributed by atoms with Gasteiger partial charge < -0.3 is 25.2 Å². The Balaban J connectivity index is 2.48. The molecule has 0 saturated carbocycles. The SMILES string of the molecule is CC(C)(CCCCCCc1c(O)c(O)cc(CCCCCCC(C)(C)C(=O)O)c1O)OC=O. The van der Waals surface area contributed by atoms with Crippen LogP contribution in [0.1, 0.15) is 103 Å². The van der Waals surface area contributed by atoms with Crippen molar-refractivity contribution in [2.24, 2.45) is 5.41 Å². The molecule has 0 unspecified atom stereocenters. The number of phenols is 3. The molecule has 188 valence electrons. The van der Waals surface area contributed by atoms with E-state index in [-0.39, 0.29) is 17.2 Å². The summed E-state index contributed by atoms with van der Waals surface area (Å²) in [5.74, 6) is -1.20. The first-order valence-electron chi connectivity index (χ1n) is 12.0. The Labute approximate surface area is 197 Å². The number of unbranched alkanes of at least 4 members (excludes halogenated alkanes) is 6. The van der Waals surface area contributed by atoms with Gasteiger partial charge in [0.25, 0.3) is 6.47 Å². The zero-order chi connectivity index (χ0) is 25.1. The van der Waals surface area contributed by atoms with E-state index >= 15 is 0 Å². The molecule has 0 aliphatic carbocycles. The second-order valence-corrected chi connectivity index (χ2v) is 10.2. The van der Waals surface area contributed by atoms with Crippen LogP contribution < -0.4 is 0 Å². The van der Waals surface area contributed by atoms with E-state index in [1.54, 1.807) is 13.8 Å². The zero-order valence-corrected chi connectivity index (χ0v) is 20.7. The minimum absolute atomic E-state index is 0.0535. The second kappa shape index (κ2) is 13.3. The van der Waals surface area contributed by atoms with Crippen LogP contribution in [0.4, 0.5) is 0 Å². The van der Waals surface area contributed by atoms with Gasteiger partial charge in [0.05, 0.1) is 5.41 Å². The lowest BCUT2D eigenvalue weighted by Crippen LogP contribution is -2.23. The fourth-order valence-corrected chi connectivity index (χ4v) is 3.93. The topological polar surface area (TPSA) is 124 Å². The van der Waals surface area contributed by atoms with Crippen molar-refractivity contribution in [3.8, 4) is 17.2 Å². The van der Waals surface area contributed by atoms with Gasteiger partial charge in [0.1, 0.15) is 11.4 Å². The molecule has 1 aromatic rings. The number of carboxylic acid groups (broad SMARTS) is 1. The van der Waals surface area contributed by atoms with Crippen LogP contribution in [0.3, 0.4) is 0 Å². The summed E-state index contributed by atoms with van der Waals surface area (Å²) in [6.07, 6.45) is 9.40. The molecule has 0 heterocycles. The number of aryl methyl sites for hydroxylation is 1. The molecule has 0 aliphatic rings. The molecule has 0 amide bonds. The van der Waals surface area contributed by atoms with Crippen LogP contribution in [0, 0.1) is 5.41 Å². The van der Waals surface area contributed by atoms with Crippen molar-refractivity contribution in [1.82, 2.24) is 0 Å². The van der Waals surface area contributed by atoms with E-state index in [9.17, 15) is 24.9 Å². The number of hydrogen-bond donors (Lipinski definition) is 4. The largest absolute Gasteiger partial charge is 0.507 e. The molecule has 1 aromatic carbocycles. The molecule has 0 aromatic heterocycles. The number of hydrogen-bond acceptors (Lipinski definition) is 6. The smallest absolute Gasteiger partial charge is 0.309 e. The van der Waals surface area contributed by atoms with Crippen LogP contribution >= 0.6 is 0 Å². The van der Waals surface area contributed by atoms with Crippen LogP contribution in [-0.2, 0) is 27.2 Å². The minimum atomic E-state index is -0.782. The number of ether oxygens (including phenoxy) is 1. The Morgan fingerprint density at radius 1 is 0.848 bits per heavy atom. The van der Waals surface area contributed by atoms with Gasteiger partial charge in [-0.1, -0.05) is 32.1 Å². The molecule has 1 rings (SSSR count). The number of carboxylic acids is 1. The summed E-state index contributed by atoms with van der Waals surface area (Å²) in [6, 6.07) is 1.43. The minimum Gasteiger partial charge on any atom is -0.507 e. The van der Waals surface area contributed by atoms with E-state index in [2.05, 4.69) is 0 Å². The number of carbonyl (C=O) groups is 2. The lowest BCUT2D eigenvalue weighted by atomic mass is 9.87. The summed E-state index contributed by atoms with van der Waals surface area (Å²) in [5, 5.41) is 40.1. The van der Waals surface area contributed by atoms with Crippen molar-refractivity contribution in [3.05, 3.63) is 17.2 Å². The quantitative estimate of drug-likeness (QED) is 0.0982. The monoisotopic (exact) mass is 466 g/mol. The molecule has 0 bridgehead atoms. The van der Waals surface area contributed by atoms with Crippen LogP contribution in [0.25, 0.3) is 0 Å². The first-order chi connectivity index (χ1) is 15.4. The second-order valence-electron chi connectivity index (χ2n) is 10.2. The van der Waals surface area contributed by atoms with E-state index < -0.39 is 17.0 Å². The third-order valence-corrected chi connectivity index (χ3v) is 6.33. The Hall–Kier alpha value is -2.44. The molecule has 0 radical (unpaired) electrons. The molecule has 0 aliphatic heterocycles. The van der Waals surface area contributed by atoms with E-state index in [0.717, 1.165) is 57.8 Å². The molecule has 4 N–H and O–H groups in total. The Morgan fingerprint density at radius 2 is 1.39 bits per heavy atom. The summed E-state index contributed by atoms with van der Waals surface area (Å²) in [7, 11) is 0. The maximum absolute atomic E-state index is 11.2. The van der Waals surface area contributed by atoms with Crippen molar-refractivity contribution >= 4 is 12.4 Å². The molecule has 0 saturated heterocycles. The molecule has 7 heteroatoms. The molecular weight excluding hydrogens is 424 g/mol. The number of aromatic hydroxyl groups is 3. The lowest BCUT2D eigenvalue weighted by molar-refractivity contribution is -0.147. The zero-order valence-electron chi connectivity index (χ0n) is 20.7. The van der Waals surface area contributed by atoms with Gasteiger partial charge in [-0.25, -0.2) is 0 Å². The standard InChI is InChI=1S/C26H42O7/c1-25(2,24(31)32)15-11-7-5-9-13-19-17-21(28)23(30)20(22(19)29)14-10-6-8-12-16-26(3,4)33-18-27/h17-18,28-30H,5-16H2,1-4H3,(H,31,32). The van der Waals surface area contributed by atoms with E-state index in [0.29, 0.717) is 36.9 Å². The summed E-state index contributed by atoms with van der Waals surface area (Å²) in [4.78, 5) is 21.6. The third kappa shape index (κ3) is 9.93. The van der Waals surface area contributed by atoms with Crippen molar-refractivity contribution in [2.75, 3.05) is 0 Å². The average molecular weight is 467 g/mol. The predicted molar refractivity (Wildman–Crippen MR) is 128 cm³/mol. The fourth-order valence-electron chi connectivity index (χ4n) is 3.93.